The molecule has 0 aliphatic carbocycles. The predicted octanol–water partition coefficient (Wildman–Crippen LogP) is 11.9. The Labute approximate surface area is 260 Å². The lowest BCUT2D eigenvalue weighted by Crippen LogP contribution is -2.25. The van der Waals surface area contributed by atoms with Crippen LogP contribution < -0.4 is 4.74 Å². The van der Waals surface area contributed by atoms with Crippen LogP contribution >= 0.6 is 0 Å². The Kier molecular flexibility index (Phi) is 10.5. The van der Waals surface area contributed by atoms with E-state index in [1.54, 1.807) is 0 Å². The van der Waals surface area contributed by atoms with Crippen molar-refractivity contribution in [2.24, 2.45) is 0 Å². The molecule has 0 spiro atoms. The Morgan fingerprint density at radius 1 is 0.681 bits per heavy atom. The Balaban J connectivity index is 1.46. The van der Waals surface area contributed by atoms with Gasteiger partial charge in [-0.15, -0.1) is 6.58 Å². The largest absolute Gasteiger partial charge is 0.432 e. The third-order valence-corrected chi connectivity index (χ3v) is 6.92. The van der Waals surface area contributed by atoms with Crippen LogP contribution in [-0.4, -0.2) is 6.11 Å². The molecule has 0 atom stereocenters. The molecule has 0 saturated heterocycles. The van der Waals surface area contributed by atoms with E-state index in [0.29, 0.717) is 24.3 Å². The van der Waals surface area contributed by atoms with Gasteiger partial charge in [0.25, 0.3) is 0 Å². The zero-order chi connectivity index (χ0) is 34.7. The van der Waals surface area contributed by atoms with Crippen LogP contribution in [0, 0.1) is 29.1 Å². The lowest BCUT2D eigenvalue weighted by molar-refractivity contribution is -0.180. The van der Waals surface area contributed by atoms with Crippen LogP contribution in [0.2, 0.25) is 0 Å². The molecule has 0 heterocycles. The van der Waals surface area contributed by atoms with Gasteiger partial charge in [0, 0.05) is 29.2 Å². The molecule has 0 aliphatic heterocycles. The minimum absolute atomic E-state index is 0.147. The number of aryl methyl sites for hydroxylation is 1. The molecule has 0 aromatic heterocycles. The summed E-state index contributed by atoms with van der Waals surface area (Å²) in [7, 11) is 0. The Bertz CT molecular complexity index is 1800. The molecule has 47 heavy (non-hydrogen) atoms. The van der Waals surface area contributed by atoms with Gasteiger partial charge in [-0.3, -0.25) is 0 Å². The summed E-state index contributed by atoms with van der Waals surface area (Å²) in [5.41, 5.74) is -4.32. The summed E-state index contributed by atoms with van der Waals surface area (Å²) in [6.07, 6.45) is -9.73. The zero-order valence-electron chi connectivity index (χ0n) is 23.9. The summed E-state index contributed by atoms with van der Waals surface area (Å²) in [6.45, 7) is 3.39. The van der Waals surface area contributed by atoms with Crippen LogP contribution in [0.5, 0.6) is 5.75 Å². The first-order valence-corrected chi connectivity index (χ1v) is 13.7. The summed E-state index contributed by atoms with van der Waals surface area (Å²) < 4.78 is 172. The smallest absolute Gasteiger partial charge is 0.422 e. The van der Waals surface area contributed by atoms with E-state index in [-0.39, 0.29) is 29.5 Å². The summed E-state index contributed by atoms with van der Waals surface area (Å²) in [5.74, 6) is -10.4. The van der Waals surface area contributed by atoms with Gasteiger partial charge in [0.2, 0.25) is 0 Å². The lowest BCUT2D eigenvalue weighted by Gasteiger charge is -2.19. The molecule has 0 amide bonds. The minimum atomic E-state index is -5.33. The van der Waals surface area contributed by atoms with E-state index in [1.807, 2.05) is 0 Å². The molecule has 0 bridgehead atoms. The van der Waals surface area contributed by atoms with Crippen molar-refractivity contribution in [1.82, 2.24) is 0 Å². The van der Waals surface area contributed by atoms with Crippen LogP contribution in [0.4, 0.5) is 52.7 Å². The fourth-order valence-electron chi connectivity index (χ4n) is 4.60. The molecule has 13 heteroatoms. The van der Waals surface area contributed by atoms with Crippen molar-refractivity contribution in [1.29, 1.82) is 0 Å². The van der Waals surface area contributed by atoms with Crippen molar-refractivity contribution in [2.75, 3.05) is 0 Å². The van der Waals surface area contributed by atoms with Crippen molar-refractivity contribution in [3.63, 3.8) is 0 Å². The van der Waals surface area contributed by atoms with E-state index in [2.05, 4.69) is 11.3 Å². The fourth-order valence-corrected chi connectivity index (χ4v) is 4.60. The van der Waals surface area contributed by atoms with Crippen molar-refractivity contribution < 1.29 is 57.4 Å². The van der Waals surface area contributed by atoms with Crippen LogP contribution in [0.3, 0.4) is 0 Å². The molecule has 4 aromatic rings. The number of halogens is 12. The van der Waals surface area contributed by atoms with Gasteiger partial charge in [-0.25, -0.2) is 30.7 Å². The third kappa shape index (κ3) is 8.38. The van der Waals surface area contributed by atoms with Crippen LogP contribution in [-0.2, 0) is 12.6 Å². The van der Waals surface area contributed by atoms with Crippen molar-refractivity contribution in [3.05, 3.63) is 131 Å². The highest BCUT2D eigenvalue weighted by Crippen LogP contribution is 2.38. The Morgan fingerprint density at radius 2 is 1.28 bits per heavy atom. The average Bonchev–Trinajstić information content (AvgIpc) is 2.97. The maximum Gasteiger partial charge on any atom is 0.422 e. The first-order valence-electron chi connectivity index (χ1n) is 13.7. The number of benzene rings is 4. The molecule has 4 aromatic carbocycles. The van der Waals surface area contributed by atoms with Crippen LogP contribution in [0.25, 0.3) is 28.1 Å². The first-order chi connectivity index (χ1) is 22.0. The van der Waals surface area contributed by atoms with E-state index >= 15 is 0 Å². The molecule has 4 rings (SSSR count). The second kappa shape index (κ2) is 14.0. The number of alkyl halides is 5. The topological polar surface area (TPSA) is 9.23 Å². The normalized spacial score (nSPS) is 12.6. The molecule has 0 unspecified atom stereocenters. The van der Waals surface area contributed by atoms with Gasteiger partial charge in [0.1, 0.15) is 46.2 Å². The summed E-state index contributed by atoms with van der Waals surface area (Å²) in [6, 6.07) is 8.56. The second-order valence-corrected chi connectivity index (χ2v) is 10.2. The summed E-state index contributed by atoms with van der Waals surface area (Å²) in [5, 5.41) is 0. The number of rotatable bonds is 11. The molecule has 0 fully saturated rings. The molecule has 0 radical (unpaired) electrons. The van der Waals surface area contributed by atoms with E-state index in [4.69, 9.17) is 0 Å². The van der Waals surface area contributed by atoms with Gasteiger partial charge >= 0.3 is 12.3 Å². The van der Waals surface area contributed by atoms with E-state index in [9.17, 15) is 52.7 Å². The van der Waals surface area contributed by atoms with Crippen LogP contribution in [0.15, 0.2) is 85.2 Å². The highest BCUT2D eigenvalue weighted by atomic mass is 19.4. The number of allylic oxidation sites excluding steroid dienone is 2. The highest BCUT2D eigenvalue weighted by molar-refractivity contribution is 5.72. The van der Waals surface area contributed by atoms with Gasteiger partial charge in [-0.2, -0.15) is 22.0 Å². The van der Waals surface area contributed by atoms with Gasteiger partial charge in [0.05, 0.1) is 6.42 Å². The van der Waals surface area contributed by atoms with Crippen molar-refractivity contribution in [2.45, 2.75) is 38.0 Å². The molecule has 0 saturated carbocycles. The Morgan fingerprint density at radius 3 is 1.85 bits per heavy atom. The molecular formula is C34H22F12O. The summed E-state index contributed by atoms with van der Waals surface area (Å²) >= 11 is 0. The van der Waals surface area contributed by atoms with E-state index in [1.165, 1.54) is 6.08 Å². The molecule has 1 nitrogen and oxygen atoms in total. The number of ether oxygens (including phenoxy) is 1. The van der Waals surface area contributed by atoms with E-state index in [0.717, 1.165) is 42.5 Å². The SMILES string of the molecule is C=CCCC(F)=C(F)c1ccc(CCC(F)(F)Oc2ccc(-c3ccc(-c4cc(F)c(C(F)(F)F)c(F)c4)c(F)c3)c(F)c2)c(F)c1. The van der Waals surface area contributed by atoms with Gasteiger partial charge in [-0.05, 0) is 65.9 Å². The minimum Gasteiger partial charge on any atom is -0.432 e. The van der Waals surface area contributed by atoms with Gasteiger partial charge < -0.3 is 4.74 Å². The molecule has 0 aliphatic rings. The zero-order valence-corrected chi connectivity index (χ0v) is 23.9. The predicted molar refractivity (Wildman–Crippen MR) is 151 cm³/mol. The van der Waals surface area contributed by atoms with Gasteiger partial charge in [0.15, 0.2) is 5.83 Å². The highest BCUT2D eigenvalue weighted by Gasteiger charge is 2.38. The molecule has 248 valence electrons. The van der Waals surface area contributed by atoms with Crippen molar-refractivity contribution in [3.8, 4) is 28.0 Å². The fraction of sp³-hybridized carbons (Fsp3) is 0.176. The average molecular weight is 675 g/mol. The Hall–Kier alpha value is -4.68. The quantitative estimate of drug-likeness (QED) is 0.114. The standard InChI is InChI=1S/C34H22F12O/c1-2-3-4-25(35)32(41)20-6-5-18(26(36)14-20)11-12-33(42,43)47-22-8-10-23(28(38)17-22)19-7-9-24(27(37)13-19)21-15-29(39)31(30(40)16-21)34(44,45)46/h2,5-10,13-17H,1,3-4,11-12H2. The second-order valence-electron chi connectivity index (χ2n) is 10.2. The number of hydrogen-bond acceptors (Lipinski definition) is 1. The third-order valence-electron chi connectivity index (χ3n) is 6.92. The first kappa shape index (κ1) is 35.2. The molecular weight excluding hydrogens is 652 g/mol. The van der Waals surface area contributed by atoms with Crippen LogP contribution in [0.1, 0.15) is 36.0 Å². The van der Waals surface area contributed by atoms with E-state index < -0.39 is 93.9 Å². The van der Waals surface area contributed by atoms with Gasteiger partial charge in [-0.1, -0.05) is 30.3 Å². The number of hydrogen-bond donors (Lipinski definition) is 0. The lowest BCUT2D eigenvalue weighted by atomic mass is 9.98. The maximum atomic E-state index is 14.9. The summed E-state index contributed by atoms with van der Waals surface area (Å²) in [4.78, 5) is 0. The monoisotopic (exact) mass is 674 g/mol. The maximum absolute atomic E-state index is 14.9. The van der Waals surface area contributed by atoms with Crippen molar-refractivity contribution >= 4 is 5.83 Å². The molecule has 0 N–H and O–H groups in total.